The summed E-state index contributed by atoms with van der Waals surface area (Å²) in [5, 5.41) is 1.87. The maximum atomic E-state index is 12.9. The van der Waals surface area contributed by atoms with E-state index in [2.05, 4.69) is 5.32 Å². The van der Waals surface area contributed by atoms with Crippen LogP contribution in [0.15, 0.2) is 36.4 Å². The predicted molar refractivity (Wildman–Crippen MR) is 99.8 cm³/mol. The van der Waals surface area contributed by atoms with Gasteiger partial charge in [0.2, 0.25) is 5.91 Å². The second-order valence-electron chi connectivity index (χ2n) is 6.09. The maximum Gasteiger partial charge on any atom is 0.417 e. The van der Waals surface area contributed by atoms with Gasteiger partial charge in [-0.2, -0.15) is 13.2 Å². The zero-order valence-corrected chi connectivity index (χ0v) is 16.1. The Balaban J connectivity index is 2.08. The Labute approximate surface area is 165 Å². The summed E-state index contributed by atoms with van der Waals surface area (Å²) in [6, 6.07) is 7.92. The second kappa shape index (κ2) is 8.52. The Morgan fingerprint density at radius 3 is 2.46 bits per heavy atom. The number of benzene rings is 2. The molecular formula is C19H18ClF3N2O3. The first-order chi connectivity index (χ1) is 13.0. The number of rotatable bonds is 5. The molecule has 1 N–H and O–H groups in total. The van der Waals surface area contributed by atoms with E-state index in [1.165, 1.54) is 20.2 Å². The highest BCUT2D eigenvalue weighted by Gasteiger charge is 2.33. The minimum Gasteiger partial charge on any atom is -0.496 e. The van der Waals surface area contributed by atoms with E-state index in [0.29, 0.717) is 11.3 Å². The summed E-state index contributed by atoms with van der Waals surface area (Å²) < 4.78 is 43.9. The van der Waals surface area contributed by atoms with Gasteiger partial charge in [-0.1, -0.05) is 17.7 Å². The van der Waals surface area contributed by atoms with E-state index in [9.17, 15) is 22.8 Å². The number of ether oxygens (including phenoxy) is 1. The smallest absolute Gasteiger partial charge is 0.417 e. The van der Waals surface area contributed by atoms with Crippen LogP contribution in [0, 0.1) is 6.92 Å². The number of methoxy groups -OCH3 is 1. The Bertz CT molecular complexity index is 900. The summed E-state index contributed by atoms with van der Waals surface area (Å²) in [7, 11) is 2.90. The van der Waals surface area contributed by atoms with Gasteiger partial charge >= 0.3 is 6.18 Å². The summed E-state index contributed by atoms with van der Waals surface area (Å²) in [6.07, 6.45) is -4.64. The molecular weight excluding hydrogens is 397 g/mol. The lowest BCUT2D eigenvalue weighted by Gasteiger charge is -2.18. The van der Waals surface area contributed by atoms with Crippen LogP contribution in [0.5, 0.6) is 5.75 Å². The molecule has 0 aromatic heterocycles. The number of halogens is 4. The van der Waals surface area contributed by atoms with Gasteiger partial charge in [-0.15, -0.1) is 0 Å². The maximum absolute atomic E-state index is 12.9. The van der Waals surface area contributed by atoms with Crippen LogP contribution in [-0.4, -0.2) is 37.4 Å². The van der Waals surface area contributed by atoms with Crippen molar-refractivity contribution in [2.45, 2.75) is 13.1 Å². The summed E-state index contributed by atoms with van der Waals surface area (Å²) >= 11 is 5.55. The summed E-state index contributed by atoms with van der Waals surface area (Å²) in [4.78, 5) is 25.8. The van der Waals surface area contributed by atoms with Crippen LogP contribution in [-0.2, 0) is 11.0 Å². The van der Waals surface area contributed by atoms with Crippen LogP contribution in [0.2, 0.25) is 5.02 Å². The Morgan fingerprint density at radius 1 is 1.18 bits per heavy atom. The van der Waals surface area contributed by atoms with Gasteiger partial charge in [0.1, 0.15) is 5.75 Å². The highest BCUT2D eigenvalue weighted by molar-refractivity contribution is 6.31. The standard InChI is InChI=1S/C19H18ClF3N2O3/c1-11-4-5-12(8-16(11)28-3)18(27)25(2)10-17(26)24-13-6-7-15(20)14(9-13)19(21,22)23/h4-9H,10H2,1-3H3,(H,24,26). The van der Waals surface area contributed by atoms with Crippen molar-refractivity contribution in [3.8, 4) is 5.75 Å². The van der Waals surface area contributed by atoms with E-state index in [-0.39, 0.29) is 12.2 Å². The van der Waals surface area contributed by atoms with Gasteiger partial charge in [0.05, 0.1) is 24.2 Å². The Morgan fingerprint density at radius 2 is 1.86 bits per heavy atom. The van der Waals surface area contributed by atoms with Crippen LogP contribution in [0.4, 0.5) is 18.9 Å². The molecule has 0 fully saturated rings. The monoisotopic (exact) mass is 414 g/mol. The quantitative estimate of drug-likeness (QED) is 0.789. The Hall–Kier alpha value is -2.74. The van der Waals surface area contributed by atoms with Gasteiger partial charge in [-0.25, -0.2) is 0 Å². The molecule has 0 aliphatic carbocycles. The second-order valence-corrected chi connectivity index (χ2v) is 6.49. The third kappa shape index (κ3) is 5.16. The molecule has 5 nitrogen and oxygen atoms in total. The molecule has 0 bridgehead atoms. The van der Waals surface area contributed by atoms with Crippen molar-refractivity contribution in [2.24, 2.45) is 0 Å². The van der Waals surface area contributed by atoms with E-state index in [1.54, 1.807) is 18.2 Å². The van der Waals surface area contributed by atoms with Crippen LogP contribution in [0.1, 0.15) is 21.5 Å². The molecule has 0 atom stereocenters. The van der Waals surface area contributed by atoms with Crippen LogP contribution in [0.3, 0.4) is 0 Å². The lowest BCUT2D eigenvalue weighted by Crippen LogP contribution is -2.35. The third-order valence-electron chi connectivity index (χ3n) is 3.94. The minimum atomic E-state index is -4.64. The molecule has 2 rings (SSSR count). The molecule has 0 spiro atoms. The van der Waals surface area contributed by atoms with Gasteiger partial charge in [0.25, 0.3) is 5.91 Å². The molecule has 2 aromatic rings. The minimum absolute atomic E-state index is 0.0698. The molecule has 0 unspecified atom stereocenters. The highest BCUT2D eigenvalue weighted by atomic mass is 35.5. The van der Waals surface area contributed by atoms with Crippen molar-refractivity contribution in [1.82, 2.24) is 4.90 Å². The average molecular weight is 415 g/mol. The number of anilines is 1. The summed E-state index contributed by atoms with van der Waals surface area (Å²) in [5.74, 6) is -0.546. The molecule has 0 radical (unpaired) electrons. The van der Waals surface area contributed by atoms with Gasteiger partial charge in [0, 0.05) is 18.3 Å². The molecule has 0 heterocycles. The fraction of sp³-hybridized carbons (Fsp3) is 0.263. The summed E-state index contributed by atoms with van der Waals surface area (Å²) in [5.41, 5.74) is 0.0500. The molecule has 0 saturated carbocycles. The van der Waals surface area contributed by atoms with Gasteiger partial charge in [0.15, 0.2) is 0 Å². The zero-order chi connectivity index (χ0) is 21.1. The van der Waals surface area contributed by atoms with E-state index >= 15 is 0 Å². The largest absolute Gasteiger partial charge is 0.496 e. The first kappa shape index (κ1) is 21.6. The fourth-order valence-corrected chi connectivity index (χ4v) is 2.71. The molecule has 0 saturated heterocycles. The van der Waals surface area contributed by atoms with E-state index in [4.69, 9.17) is 16.3 Å². The molecule has 0 aliphatic heterocycles. The number of nitrogens with zero attached hydrogens (tertiary/aromatic N) is 1. The van der Waals surface area contributed by atoms with E-state index in [0.717, 1.165) is 22.6 Å². The van der Waals surface area contributed by atoms with Gasteiger partial charge in [-0.3, -0.25) is 9.59 Å². The van der Waals surface area contributed by atoms with Gasteiger partial charge in [-0.05, 0) is 42.8 Å². The number of hydrogen-bond acceptors (Lipinski definition) is 3. The average Bonchev–Trinajstić information content (AvgIpc) is 2.62. The molecule has 9 heteroatoms. The lowest BCUT2D eigenvalue weighted by molar-refractivity contribution is -0.137. The van der Waals surface area contributed by atoms with Crippen molar-refractivity contribution in [3.63, 3.8) is 0 Å². The van der Waals surface area contributed by atoms with Crippen LogP contribution >= 0.6 is 11.6 Å². The highest BCUT2D eigenvalue weighted by Crippen LogP contribution is 2.36. The molecule has 2 amide bonds. The van der Waals surface area contributed by atoms with Crippen LogP contribution < -0.4 is 10.1 Å². The number of amides is 2. The topological polar surface area (TPSA) is 58.6 Å². The predicted octanol–water partition coefficient (Wildman–Crippen LogP) is 4.39. The van der Waals surface area contributed by atoms with Crippen molar-refractivity contribution >= 4 is 29.1 Å². The number of carbonyl (C=O) groups excluding carboxylic acids is 2. The molecule has 28 heavy (non-hydrogen) atoms. The van der Waals surface area contributed by atoms with Crippen molar-refractivity contribution < 1.29 is 27.5 Å². The zero-order valence-electron chi connectivity index (χ0n) is 15.4. The van der Waals surface area contributed by atoms with E-state index in [1.807, 2.05) is 6.92 Å². The third-order valence-corrected chi connectivity index (χ3v) is 4.27. The molecule has 2 aromatic carbocycles. The number of likely N-dealkylation sites (N-methyl/N-ethyl adjacent to an activating group) is 1. The summed E-state index contributed by atoms with van der Waals surface area (Å²) in [6.45, 7) is 1.48. The first-order valence-corrected chi connectivity index (χ1v) is 8.47. The number of aryl methyl sites for hydroxylation is 1. The fourth-order valence-electron chi connectivity index (χ4n) is 2.48. The number of carbonyl (C=O) groups is 2. The van der Waals surface area contributed by atoms with E-state index < -0.39 is 28.6 Å². The van der Waals surface area contributed by atoms with Crippen molar-refractivity contribution in [3.05, 3.63) is 58.1 Å². The van der Waals surface area contributed by atoms with Gasteiger partial charge < -0.3 is 15.0 Å². The van der Waals surface area contributed by atoms with Crippen molar-refractivity contribution in [2.75, 3.05) is 26.0 Å². The van der Waals surface area contributed by atoms with Crippen LogP contribution in [0.25, 0.3) is 0 Å². The molecule has 150 valence electrons. The SMILES string of the molecule is COc1cc(C(=O)N(C)CC(=O)Nc2ccc(Cl)c(C(F)(F)F)c2)ccc1C. The lowest BCUT2D eigenvalue weighted by atomic mass is 10.1. The van der Waals surface area contributed by atoms with Crippen molar-refractivity contribution in [1.29, 1.82) is 0 Å². The first-order valence-electron chi connectivity index (χ1n) is 8.09. The number of alkyl halides is 3. The normalized spacial score (nSPS) is 11.1. The molecule has 0 aliphatic rings. The number of nitrogens with one attached hydrogen (secondary N) is 1. The Kier molecular flexibility index (Phi) is 6.56. The number of hydrogen-bond donors (Lipinski definition) is 1.